The Morgan fingerprint density at radius 2 is 1.98 bits per heavy atom. The largest absolute Gasteiger partial charge is 0.476 e. The maximum absolute atomic E-state index is 15.3. The van der Waals surface area contributed by atoms with Gasteiger partial charge in [0.2, 0.25) is 5.91 Å². The Bertz CT molecular complexity index is 1760. The molecule has 274 valence electrons. The van der Waals surface area contributed by atoms with Crippen LogP contribution in [-0.2, 0) is 14.3 Å². The van der Waals surface area contributed by atoms with Gasteiger partial charge in [-0.15, -0.1) is 0 Å². The molecule has 7 N–H and O–H groups in total. The van der Waals surface area contributed by atoms with E-state index in [1.165, 1.54) is 12.3 Å². The second kappa shape index (κ2) is 21.6. The molecule has 0 bridgehead atoms. The van der Waals surface area contributed by atoms with E-state index in [9.17, 15) is 9.59 Å². The molecule has 0 unspecified atom stereocenters. The molecule has 1 heterocycles. The molecule has 0 radical (unpaired) electrons. The highest BCUT2D eigenvalue weighted by Gasteiger charge is 2.19. The summed E-state index contributed by atoms with van der Waals surface area (Å²) in [5, 5.41) is 17.5. The maximum atomic E-state index is 15.3. The predicted molar refractivity (Wildman–Crippen MR) is 200 cm³/mol. The van der Waals surface area contributed by atoms with Crippen LogP contribution in [0.15, 0.2) is 98.9 Å². The molecule has 15 heteroatoms. The average molecular weight is 723 g/mol. The van der Waals surface area contributed by atoms with Crippen molar-refractivity contribution in [2.24, 2.45) is 27.4 Å². The van der Waals surface area contributed by atoms with Gasteiger partial charge < -0.3 is 32.2 Å². The fourth-order valence-corrected chi connectivity index (χ4v) is 5.03. The second-order valence-corrected chi connectivity index (χ2v) is 11.6. The highest BCUT2D eigenvalue weighted by Crippen LogP contribution is 2.31. The van der Waals surface area contributed by atoms with Crippen molar-refractivity contribution in [3.8, 4) is 6.07 Å². The third-order valence-corrected chi connectivity index (χ3v) is 8.02. The lowest BCUT2D eigenvalue weighted by Gasteiger charge is -2.16. The number of aromatic nitrogens is 2. The van der Waals surface area contributed by atoms with E-state index in [1.807, 2.05) is 26.0 Å². The molecule has 2 rings (SSSR count). The van der Waals surface area contributed by atoms with Gasteiger partial charge in [0.1, 0.15) is 6.07 Å². The predicted octanol–water partition coefficient (Wildman–Crippen LogP) is 4.58. The van der Waals surface area contributed by atoms with Crippen LogP contribution in [-0.4, -0.2) is 60.6 Å². The van der Waals surface area contributed by atoms with E-state index in [0.29, 0.717) is 61.2 Å². The van der Waals surface area contributed by atoms with Gasteiger partial charge in [0.15, 0.2) is 35.5 Å². The van der Waals surface area contributed by atoms with Gasteiger partial charge >= 0.3 is 0 Å². The minimum atomic E-state index is -0.873. The minimum Gasteiger partial charge on any atom is -0.476 e. The molecule has 1 aromatic heterocycles. The van der Waals surface area contributed by atoms with Crippen molar-refractivity contribution in [1.29, 1.82) is 5.26 Å². The molecule has 1 aliphatic rings. The number of carbonyl (C=O) groups is 2. The first kappa shape index (κ1) is 41.7. The molecule has 0 spiro atoms. The lowest BCUT2D eigenvalue weighted by Crippen LogP contribution is -2.37. The monoisotopic (exact) mass is 722 g/mol. The Hall–Kier alpha value is -5.42. The lowest BCUT2D eigenvalue weighted by molar-refractivity contribution is -0.125. The van der Waals surface area contributed by atoms with Crippen molar-refractivity contribution >= 4 is 40.9 Å². The molecule has 0 saturated heterocycles. The fraction of sp³-hybridized carbons (Fsp3) is 0.389. The van der Waals surface area contributed by atoms with E-state index in [-0.39, 0.29) is 65.4 Å². The van der Waals surface area contributed by atoms with E-state index >= 15 is 4.39 Å². The lowest BCUT2D eigenvalue weighted by atomic mass is 10.0. The van der Waals surface area contributed by atoms with Gasteiger partial charge in [-0.2, -0.15) is 5.26 Å². The van der Waals surface area contributed by atoms with Crippen molar-refractivity contribution < 1.29 is 18.7 Å². The van der Waals surface area contributed by atoms with E-state index in [2.05, 4.69) is 44.1 Å². The first-order valence-electron chi connectivity index (χ1n) is 16.5. The van der Waals surface area contributed by atoms with Crippen molar-refractivity contribution in [3.63, 3.8) is 0 Å². The number of guanidine groups is 1. The number of aliphatic imine (C=N–C) groups is 1. The first-order valence-corrected chi connectivity index (χ1v) is 16.9. The molecular weight excluding hydrogens is 675 g/mol. The van der Waals surface area contributed by atoms with Crippen LogP contribution >= 0.6 is 11.6 Å². The summed E-state index contributed by atoms with van der Waals surface area (Å²) >= 11 is 6.39. The van der Waals surface area contributed by atoms with Gasteiger partial charge in [0, 0.05) is 67.5 Å². The highest BCUT2D eigenvalue weighted by molar-refractivity contribution is 6.33. The van der Waals surface area contributed by atoms with Crippen LogP contribution in [0.4, 0.5) is 10.2 Å². The number of nitrogens with one attached hydrogen (secondary N) is 3. The molecule has 2 amide bonds. The number of carbonyl (C=O) groups excluding carboxylic acids is 2. The van der Waals surface area contributed by atoms with Gasteiger partial charge in [-0.3, -0.25) is 24.1 Å². The number of hydrogen-bond donors (Lipinski definition) is 5. The number of ether oxygens (including phenoxy) is 1. The van der Waals surface area contributed by atoms with E-state index in [1.54, 1.807) is 36.9 Å². The molecule has 51 heavy (non-hydrogen) atoms. The molecule has 1 aliphatic carbocycles. The summed E-state index contributed by atoms with van der Waals surface area (Å²) in [7, 11) is 1.57. The number of hydrogen-bond acceptors (Lipinski definition) is 8. The summed E-state index contributed by atoms with van der Waals surface area (Å²) in [5.74, 6) is -1.22. The SMILES string of the molecule is C=C(C(=C)n1ccnc(NC2=CCC(CC)=C(C(=O)NCCNC(=O)[C@H](C)CCCN=C(N)N)C=C2)c1=NC)/C(Cl)=C(F)\C(=C/CC)OCC#N. The van der Waals surface area contributed by atoms with Crippen molar-refractivity contribution in [2.45, 2.75) is 52.9 Å². The number of amides is 2. The van der Waals surface area contributed by atoms with Gasteiger partial charge in [-0.25, -0.2) is 9.37 Å². The van der Waals surface area contributed by atoms with E-state index in [0.717, 1.165) is 5.57 Å². The van der Waals surface area contributed by atoms with Crippen molar-refractivity contribution in [1.82, 2.24) is 20.2 Å². The summed E-state index contributed by atoms with van der Waals surface area (Å²) < 4.78 is 22.1. The van der Waals surface area contributed by atoms with Gasteiger partial charge in [0.25, 0.3) is 5.91 Å². The third kappa shape index (κ3) is 12.8. The summed E-state index contributed by atoms with van der Waals surface area (Å²) in [6, 6.07) is 1.81. The Balaban J connectivity index is 2.13. The minimum absolute atomic E-state index is 0.0272. The van der Waals surface area contributed by atoms with Crippen LogP contribution in [0.25, 0.3) is 5.70 Å². The molecule has 0 saturated carbocycles. The summed E-state index contributed by atoms with van der Waals surface area (Å²) in [4.78, 5) is 38.3. The Morgan fingerprint density at radius 1 is 1.25 bits per heavy atom. The Morgan fingerprint density at radius 3 is 2.63 bits per heavy atom. The molecule has 0 fully saturated rings. The summed E-state index contributed by atoms with van der Waals surface area (Å²) in [6.45, 7) is 14.3. The van der Waals surface area contributed by atoms with Crippen molar-refractivity contribution in [3.05, 3.63) is 94.4 Å². The number of halogens is 2. The smallest absolute Gasteiger partial charge is 0.251 e. The van der Waals surface area contributed by atoms with Crippen LogP contribution in [0.3, 0.4) is 0 Å². The molecule has 0 aromatic carbocycles. The topological polar surface area (TPSA) is 198 Å². The van der Waals surface area contributed by atoms with Crippen LogP contribution in [0.2, 0.25) is 0 Å². The molecule has 0 aliphatic heterocycles. The summed E-state index contributed by atoms with van der Waals surface area (Å²) in [6.07, 6.45) is 12.9. The molecule has 1 aromatic rings. The first-order chi connectivity index (χ1) is 24.4. The number of nitrogens with two attached hydrogens (primary N) is 2. The van der Waals surface area contributed by atoms with Crippen molar-refractivity contribution in [2.75, 3.05) is 38.6 Å². The van der Waals surface area contributed by atoms with Crippen LogP contribution in [0.1, 0.15) is 52.9 Å². The fourth-order valence-electron chi connectivity index (χ4n) is 4.83. The quantitative estimate of drug-likeness (QED) is 0.0450. The van der Waals surface area contributed by atoms with Gasteiger partial charge in [-0.1, -0.05) is 57.2 Å². The van der Waals surface area contributed by atoms with Gasteiger partial charge in [0.05, 0.1) is 5.03 Å². The number of anilines is 1. The maximum Gasteiger partial charge on any atom is 0.251 e. The molecule has 13 nitrogen and oxygen atoms in total. The highest BCUT2D eigenvalue weighted by atomic mass is 35.5. The number of nitriles is 1. The Kier molecular flexibility index (Phi) is 17.7. The normalized spacial score (nSPS) is 14.3. The third-order valence-electron chi connectivity index (χ3n) is 7.63. The number of allylic oxidation sites excluding steroid dienone is 8. The second-order valence-electron chi connectivity index (χ2n) is 11.3. The summed E-state index contributed by atoms with van der Waals surface area (Å²) in [5.41, 5.74) is 13.4. The number of rotatable bonds is 19. The molecular formula is C36H48ClFN10O3. The standard InChI is InChI=1S/C36H48ClFN10O3/c1-7-10-29(51-22-16-39)31(38)30(37)24(4)25(5)48-21-20-43-32(33(48)42-6)47-27-13-12-26(8-2)28(15-14-27)35(50)45-19-18-44-34(49)23(3)11-9-17-46-36(40)41/h10,13-15,20-21,23H,4-5,7-9,11-12,17-19,22H2,1-3,6H3,(H,43,47)(H,44,49)(H,45,50)(H4,40,41,46)/b29-10+,31-30-,42-33?/t23-/m1/s1. The zero-order chi connectivity index (χ0) is 37.9. The average Bonchev–Trinajstić information content (AvgIpc) is 3.33. The van der Waals surface area contributed by atoms with E-state index in [4.69, 9.17) is 33.1 Å². The van der Waals surface area contributed by atoms with Gasteiger partial charge in [-0.05, 0) is 50.3 Å². The molecule has 1 atom stereocenters. The van der Waals surface area contributed by atoms with Crippen LogP contribution < -0.4 is 32.9 Å². The van der Waals surface area contributed by atoms with Crippen LogP contribution in [0.5, 0.6) is 0 Å². The Labute approximate surface area is 303 Å². The van der Waals surface area contributed by atoms with Crippen LogP contribution in [0, 0.1) is 17.2 Å². The zero-order valence-electron chi connectivity index (χ0n) is 29.7. The number of nitrogens with zero attached hydrogens (tertiary/aromatic N) is 5. The van der Waals surface area contributed by atoms with E-state index < -0.39 is 5.83 Å². The zero-order valence-corrected chi connectivity index (χ0v) is 30.4.